The Labute approximate surface area is 80.8 Å². The van der Waals surface area contributed by atoms with Crippen LogP contribution in [0.5, 0.6) is 0 Å². The van der Waals surface area contributed by atoms with Gasteiger partial charge in [-0.3, -0.25) is 0 Å². The Morgan fingerprint density at radius 2 is 1.79 bits per heavy atom. The van der Waals surface area contributed by atoms with Gasteiger partial charge in [0, 0.05) is 0 Å². The van der Waals surface area contributed by atoms with E-state index in [4.69, 9.17) is 5.11 Å². The first-order valence-corrected chi connectivity index (χ1v) is 4.25. The SMILES string of the molecule is Cc1ccc(F)c(C(O)C(C)O)c1F. The van der Waals surface area contributed by atoms with Gasteiger partial charge in [0.1, 0.15) is 17.7 Å². The van der Waals surface area contributed by atoms with Gasteiger partial charge >= 0.3 is 0 Å². The second kappa shape index (κ2) is 4.02. The fraction of sp³-hybridized carbons (Fsp3) is 0.400. The van der Waals surface area contributed by atoms with Crippen molar-refractivity contribution in [2.75, 3.05) is 0 Å². The Hall–Kier alpha value is -1.00. The summed E-state index contributed by atoms with van der Waals surface area (Å²) >= 11 is 0. The van der Waals surface area contributed by atoms with Crippen LogP contribution in [0.25, 0.3) is 0 Å². The van der Waals surface area contributed by atoms with Crippen molar-refractivity contribution < 1.29 is 19.0 Å². The van der Waals surface area contributed by atoms with E-state index in [9.17, 15) is 13.9 Å². The molecule has 0 aliphatic rings. The maximum Gasteiger partial charge on any atom is 0.134 e. The molecule has 2 unspecified atom stereocenters. The molecule has 0 aromatic heterocycles. The van der Waals surface area contributed by atoms with Gasteiger partial charge in [-0.05, 0) is 25.5 Å². The minimum atomic E-state index is -1.53. The van der Waals surface area contributed by atoms with E-state index in [1.54, 1.807) is 0 Å². The van der Waals surface area contributed by atoms with Gasteiger partial charge in [0.05, 0.1) is 11.7 Å². The van der Waals surface area contributed by atoms with Crippen LogP contribution in [0.1, 0.15) is 24.2 Å². The molecule has 2 nitrogen and oxygen atoms in total. The number of halogens is 2. The van der Waals surface area contributed by atoms with Gasteiger partial charge in [-0.1, -0.05) is 6.07 Å². The van der Waals surface area contributed by atoms with Crippen molar-refractivity contribution in [2.45, 2.75) is 26.1 Å². The van der Waals surface area contributed by atoms with Crippen LogP contribution in [0.4, 0.5) is 8.78 Å². The van der Waals surface area contributed by atoms with Crippen LogP contribution in [0, 0.1) is 18.6 Å². The molecule has 2 N–H and O–H groups in total. The Bertz CT molecular complexity index is 337. The number of aliphatic hydroxyl groups excluding tert-OH is 2. The van der Waals surface area contributed by atoms with Crippen LogP contribution in [-0.4, -0.2) is 16.3 Å². The molecule has 1 aromatic carbocycles. The van der Waals surface area contributed by atoms with Gasteiger partial charge in [-0.15, -0.1) is 0 Å². The average Bonchev–Trinajstić information content (AvgIpc) is 2.12. The number of rotatable bonds is 2. The molecule has 2 atom stereocenters. The Morgan fingerprint density at radius 3 is 2.29 bits per heavy atom. The zero-order valence-electron chi connectivity index (χ0n) is 7.96. The molecule has 0 heterocycles. The largest absolute Gasteiger partial charge is 0.390 e. The van der Waals surface area contributed by atoms with Gasteiger partial charge in [0.15, 0.2) is 0 Å². The van der Waals surface area contributed by atoms with Gasteiger partial charge in [-0.2, -0.15) is 0 Å². The summed E-state index contributed by atoms with van der Waals surface area (Å²) in [6.07, 6.45) is -2.74. The lowest BCUT2D eigenvalue weighted by Gasteiger charge is -2.16. The lowest BCUT2D eigenvalue weighted by atomic mass is 10.0. The van der Waals surface area contributed by atoms with E-state index >= 15 is 0 Å². The van der Waals surface area contributed by atoms with Crippen LogP contribution >= 0.6 is 0 Å². The highest BCUT2D eigenvalue weighted by molar-refractivity contribution is 5.28. The zero-order chi connectivity index (χ0) is 10.9. The van der Waals surface area contributed by atoms with E-state index in [2.05, 4.69) is 0 Å². The number of aliphatic hydroxyl groups is 2. The highest BCUT2D eigenvalue weighted by Gasteiger charge is 2.22. The molecule has 0 radical (unpaired) electrons. The fourth-order valence-corrected chi connectivity index (χ4v) is 1.19. The minimum Gasteiger partial charge on any atom is -0.390 e. The van der Waals surface area contributed by atoms with Crippen LogP contribution in [-0.2, 0) is 0 Å². The summed E-state index contributed by atoms with van der Waals surface area (Å²) in [6.45, 7) is 2.74. The summed E-state index contributed by atoms with van der Waals surface area (Å²) in [7, 11) is 0. The predicted molar refractivity (Wildman–Crippen MR) is 47.7 cm³/mol. The molecule has 0 bridgehead atoms. The van der Waals surface area contributed by atoms with Crippen molar-refractivity contribution in [1.29, 1.82) is 0 Å². The molecule has 0 aliphatic heterocycles. The molecule has 4 heteroatoms. The summed E-state index contributed by atoms with van der Waals surface area (Å²) in [6, 6.07) is 2.35. The maximum atomic E-state index is 13.4. The molecule has 78 valence electrons. The first-order valence-electron chi connectivity index (χ1n) is 4.25. The van der Waals surface area contributed by atoms with Crippen molar-refractivity contribution >= 4 is 0 Å². The van der Waals surface area contributed by atoms with E-state index in [0.29, 0.717) is 0 Å². The molecule has 1 aromatic rings. The molecule has 14 heavy (non-hydrogen) atoms. The van der Waals surface area contributed by atoms with Crippen LogP contribution < -0.4 is 0 Å². The maximum absolute atomic E-state index is 13.4. The third kappa shape index (κ3) is 1.91. The van der Waals surface area contributed by atoms with E-state index < -0.39 is 29.4 Å². The second-order valence-corrected chi connectivity index (χ2v) is 3.28. The molecule has 0 aliphatic carbocycles. The summed E-state index contributed by atoms with van der Waals surface area (Å²) in [4.78, 5) is 0. The van der Waals surface area contributed by atoms with Crippen LogP contribution in [0.3, 0.4) is 0 Å². The first kappa shape index (κ1) is 11.1. The first-order chi connectivity index (χ1) is 6.45. The molecule has 0 saturated heterocycles. The fourth-order valence-electron chi connectivity index (χ4n) is 1.19. The molecular formula is C10H12F2O2. The van der Waals surface area contributed by atoms with Crippen molar-refractivity contribution in [1.82, 2.24) is 0 Å². The molecule has 0 fully saturated rings. The summed E-state index contributed by atoms with van der Waals surface area (Å²) in [5.41, 5.74) is -0.235. The highest BCUT2D eigenvalue weighted by atomic mass is 19.1. The van der Waals surface area contributed by atoms with Gasteiger partial charge in [-0.25, -0.2) is 8.78 Å². The summed E-state index contributed by atoms with van der Waals surface area (Å²) in [5, 5.41) is 18.4. The van der Waals surface area contributed by atoms with E-state index in [1.807, 2.05) is 0 Å². The standard InChI is InChI=1S/C10H12F2O2/c1-5-3-4-7(11)8(9(5)12)10(14)6(2)13/h3-4,6,10,13-14H,1-2H3. The van der Waals surface area contributed by atoms with Crippen LogP contribution in [0.15, 0.2) is 12.1 Å². The quantitative estimate of drug-likeness (QED) is 0.766. The molecule has 0 amide bonds. The number of hydrogen-bond donors (Lipinski definition) is 2. The van der Waals surface area contributed by atoms with Gasteiger partial charge < -0.3 is 10.2 Å². The van der Waals surface area contributed by atoms with Crippen molar-refractivity contribution in [3.05, 3.63) is 34.9 Å². The monoisotopic (exact) mass is 202 g/mol. The lowest BCUT2D eigenvalue weighted by Crippen LogP contribution is -2.17. The average molecular weight is 202 g/mol. The zero-order valence-corrected chi connectivity index (χ0v) is 7.96. The molecule has 1 rings (SSSR count). The third-order valence-corrected chi connectivity index (χ3v) is 2.07. The van der Waals surface area contributed by atoms with Crippen molar-refractivity contribution in [2.24, 2.45) is 0 Å². The molecule has 0 spiro atoms. The van der Waals surface area contributed by atoms with E-state index in [1.165, 1.54) is 19.9 Å². The Kier molecular flexibility index (Phi) is 3.18. The Balaban J connectivity index is 3.25. The number of hydrogen-bond acceptors (Lipinski definition) is 2. The molecular weight excluding hydrogens is 190 g/mol. The minimum absolute atomic E-state index is 0.237. The van der Waals surface area contributed by atoms with E-state index in [-0.39, 0.29) is 5.56 Å². The number of aryl methyl sites for hydroxylation is 1. The Morgan fingerprint density at radius 1 is 1.21 bits per heavy atom. The summed E-state index contributed by atoms with van der Waals surface area (Å²) < 4.78 is 26.5. The van der Waals surface area contributed by atoms with Crippen molar-refractivity contribution in [3.8, 4) is 0 Å². The number of benzene rings is 1. The van der Waals surface area contributed by atoms with E-state index in [0.717, 1.165) is 6.07 Å². The van der Waals surface area contributed by atoms with Crippen LogP contribution in [0.2, 0.25) is 0 Å². The second-order valence-electron chi connectivity index (χ2n) is 3.28. The molecule has 0 saturated carbocycles. The van der Waals surface area contributed by atoms with Crippen molar-refractivity contribution in [3.63, 3.8) is 0 Å². The highest BCUT2D eigenvalue weighted by Crippen LogP contribution is 2.25. The predicted octanol–water partition coefficient (Wildman–Crippen LogP) is 1.69. The normalized spacial score (nSPS) is 15.3. The van der Waals surface area contributed by atoms with Gasteiger partial charge in [0.2, 0.25) is 0 Å². The summed E-state index contributed by atoms with van der Waals surface area (Å²) in [5.74, 6) is -1.65. The van der Waals surface area contributed by atoms with Gasteiger partial charge in [0.25, 0.3) is 0 Å². The lowest BCUT2D eigenvalue weighted by molar-refractivity contribution is 0.0258. The third-order valence-electron chi connectivity index (χ3n) is 2.07. The topological polar surface area (TPSA) is 40.5 Å². The smallest absolute Gasteiger partial charge is 0.134 e.